The normalized spacial score (nSPS) is 11.0. The van der Waals surface area contributed by atoms with Gasteiger partial charge < -0.3 is 19.2 Å². The SMILES string of the molecule is CCCCCCCCOc1ccc2c(OC)c(OCCCCCC)c(=O)[nH]c2c1. The lowest BCUT2D eigenvalue weighted by molar-refractivity contribution is 0.282. The molecule has 0 bridgehead atoms. The molecule has 0 atom stereocenters. The van der Waals surface area contributed by atoms with Gasteiger partial charge in [0, 0.05) is 11.5 Å². The molecule has 29 heavy (non-hydrogen) atoms. The summed E-state index contributed by atoms with van der Waals surface area (Å²) in [6, 6.07) is 5.71. The minimum Gasteiger partial charge on any atom is -0.494 e. The third-order valence-electron chi connectivity index (χ3n) is 5.11. The van der Waals surface area contributed by atoms with E-state index in [0.29, 0.717) is 24.5 Å². The van der Waals surface area contributed by atoms with E-state index in [4.69, 9.17) is 14.2 Å². The van der Waals surface area contributed by atoms with Gasteiger partial charge in [-0.15, -0.1) is 0 Å². The van der Waals surface area contributed by atoms with Gasteiger partial charge in [-0.1, -0.05) is 65.2 Å². The fourth-order valence-corrected chi connectivity index (χ4v) is 3.43. The molecule has 1 aromatic heterocycles. The molecule has 0 saturated heterocycles. The Labute approximate surface area is 174 Å². The number of rotatable bonds is 15. The maximum Gasteiger partial charge on any atom is 0.294 e. The van der Waals surface area contributed by atoms with Gasteiger partial charge in [0.1, 0.15) is 5.75 Å². The number of aromatic amines is 1. The molecule has 0 saturated carbocycles. The molecule has 1 heterocycles. The van der Waals surface area contributed by atoms with Gasteiger partial charge in [0.2, 0.25) is 5.75 Å². The minimum atomic E-state index is -0.266. The summed E-state index contributed by atoms with van der Waals surface area (Å²) in [6.45, 7) is 5.61. The maximum absolute atomic E-state index is 12.5. The summed E-state index contributed by atoms with van der Waals surface area (Å²) in [5, 5.41) is 0.822. The van der Waals surface area contributed by atoms with Crippen molar-refractivity contribution in [2.24, 2.45) is 0 Å². The van der Waals surface area contributed by atoms with Crippen molar-refractivity contribution in [2.45, 2.75) is 78.1 Å². The largest absolute Gasteiger partial charge is 0.494 e. The van der Waals surface area contributed by atoms with Crippen molar-refractivity contribution in [2.75, 3.05) is 20.3 Å². The number of hydrogen-bond donors (Lipinski definition) is 1. The van der Waals surface area contributed by atoms with Crippen molar-refractivity contribution in [3.63, 3.8) is 0 Å². The molecule has 0 radical (unpaired) electrons. The van der Waals surface area contributed by atoms with E-state index in [9.17, 15) is 4.79 Å². The Hall–Kier alpha value is -2.17. The van der Waals surface area contributed by atoms with Gasteiger partial charge >= 0.3 is 0 Å². The second-order valence-electron chi connectivity index (χ2n) is 7.55. The summed E-state index contributed by atoms with van der Waals surface area (Å²) in [5.41, 5.74) is 0.434. The van der Waals surface area contributed by atoms with E-state index in [1.54, 1.807) is 7.11 Å². The van der Waals surface area contributed by atoms with Gasteiger partial charge in [-0.25, -0.2) is 0 Å². The van der Waals surface area contributed by atoms with Crippen molar-refractivity contribution in [1.82, 2.24) is 4.98 Å². The number of aromatic nitrogens is 1. The molecule has 0 aliphatic carbocycles. The molecule has 162 valence electrons. The topological polar surface area (TPSA) is 60.6 Å². The molecule has 2 aromatic rings. The highest BCUT2D eigenvalue weighted by Gasteiger charge is 2.15. The lowest BCUT2D eigenvalue weighted by Gasteiger charge is -2.13. The zero-order valence-corrected chi connectivity index (χ0v) is 18.4. The molecular weight excluding hydrogens is 366 g/mol. The van der Waals surface area contributed by atoms with Crippen LogP contribution in [0.2, 0.25) is 0 Å². The van der Waals surface area contributed by atoms with Crippen molar-refractivity contribution in [1.29, 1.82) is 0 Å². The van der Waals surface area contributed by atoms with Crippen molar-refractivity contribution in [3.05, 3.63) is 28.6 Å². The first-order valence-corrected chi connectivity index (χ1v) is 11.2. The number of methoxy groups -OCH3 is 1. The van der Waals surface area contributed by atoms with Gasteiger partial charge in [0.15, 0.2) is 5.75 Å². The predicted molar refractivity (Wildman–Crippen MR) is 120 cm³/mol. The predicted octanol–water partition coefficient (Wildman–Crippen LogP) is 6.24. The first-order chi connectivity index (χ1) is 14.2. The lowest BCUT2D eigenvalue weighted by Crippen LogP contribution is -2.14. The number of hydrogen-bond acceptors (Lipinski definition) is 4. The van der Waals surface area contributed by atoms with E-state index in [-0.39, 0.29) is 11.3 Å². The number of unbranched alkanes of at least 4 members (excludes halogenated alkanes) is 8. The molecule has 0 spiro atoms. The summed E-state index contributed by atoms with van der Waals surface area (Å²) in [7, 11) is 1.57. The van der Waals surface area contributed by atoms with Crippen LogP contribution in [0.3, 0.4) is 0 Å². The monoisotopic (exact) mass is 403 g/mol. The van der Waals surface area contributed by atoms with Crippen LogP contribution in [0.4, 0.5) is 0 Å². The second kappa shape index (κ2) is 13.1. The van der Waals surface area contributed by atoms with Gasteiger partial charge in [-0.05, 0) is 25.0 Å². The number of fused-ring (bicyclic) bond motifs is 1. The Bertz CT molecular complexity index is 784. The Morgan fingerprint density at radius 1 is 0.793 bits per heavy atom. The summed E-state index contributed by atoms with van der Waals surface area (Å²) in [4.78, 5) is 15.4. The zero-order chi connectivity index (χ0) is 20.9. The standard InChI is InChI=1S/C24H37NO4/c1-4-6-8-10-11-13-16-28-19-14-15-20-21(18-19)25-24(26)23(22(20)27-3)29-17-12-9-7-5-2/h14-15,18H,4-13,16-17H2,1-3H3,(H,25,26). The summed E-state index contributed by atoms with van der Waals surface area (Å²) in [6.07, 6.45) is 11.8. The molecule has 0 amide bonds. The molecule has 0 aliphatic heterocycles. The van der Waals surface area contributed by atoms with Crippen LogP contribution < -0.4 is 19.8 Å². The number of pyridine rings is 1. The molecule has 0 fully saturated rings. The van der Waals surface area contributed by atoms with Crippen LogP contribution in [-0.2, 0) is 0 Å². The van der Waals surface area contributed by atoms with Crippen LogP contribution >= 0.6 is 0 Å². The average Bonchev–Trinajstić information content (AvgIpc) is 2.73. The third kappa shape index (κ3) is 7.30. The fraction of sp³-hybridized carbons (Fsp3) is 0.625. The fourth-order valence-electron chi connectivity index (χ4n) is 3.43. The molecule has 0 aliphatic rings. The van der Waals surface area contributed by atoms with E-state index in [2.05, 4.69) is 18.8 Å². The Morgan fingerprint density at radius 3 is 2.10 bits per heavy atom. The highest BCUT2D eigenvalue weighted by atomic mass is 16.5. The Balaban J connectivity index is 1.99. The van der Waals surface area contributed by atoms with E-state index in [1.165, 1.54) is 44.9 Å². The molecule has 1 aromatic carbocycles. The van der Waals surface area contributed by atoms with Crippen LogP contribution in [-0.4, -0.2) is 25.3 Å². The second-order valence-corrected chi connectivity index (χ2v) is 7.55. The van der Waals surface area contributed by atoms with Crippen LogP contribution in [0.1, 0.15) is 78.1 Å². The Kier molecular flexibility index (Phi) is 10.5. The first kappa shape index (κ1) is 23.1. The Morgan fingerprint density at radius 2 is 1.41 bits per heavy atom. The van der Waals surface area contributed by atoms with Crippen LogP contribution in [0.15, 0.2) is 23.0 Å². The highest BCUT2D eigenvalue weighted by Crippen LogP contribution is 2.33. The van der Waals surface area contributed by atoms with Crippen LogP contribution in [0.25, 0.3) is 10.9 Å². The third-order valence-corrected chi connectivity index (χ3v) is 5.11. The number of ether oxygens (including phenoxy) is 3. The van der Waals surface area contributed by atoms with Gasteiger partial charge in [0.05, 0.1) is 25.8 Å². The average molecular weight is 404 g/mol. The van der Waals surface area contributed by atoms with Gasteiger partial charge in [-0.3, -0.25) is 4.79 Å². The van der Waals surface area contributed by atoms with Crippen molar-refractivity contribution < 1.29 is 14.2 Å². The zero-order valence-electron chi connectivity index (χ0n) is 18.4. The van der Waals surface area contributed by atoms with Gasteiger partial charge in [0.25, 0.3) is 5.56 Å². The van der Waals surface area contributed by atoms with E-state index in [1.807, 2.05) is 18.2 Å². The van der Waals surface area contributed by atoms with Crippen molar-refractivity contribution in [3.8, 4) is 17.2 Å². The summed E-state index contributed by atoms with van der Waals surface area (Å²) < 4.78 is 17.2. The smallest absolute Gasteiger partial charge is 0.294 e. The number of nitrogens with one attached hydrogen (secondary N) is 1. The quantitative estimate of drug-likeness (QED) is 0.358. The molecule has 2 rings (SSSR count). The lowest BCUT2D eigenvalue weighted by atomic mass is 10.1. The van der Waals surface area contributed by atoms with Crippen LogP contribution in [0.5, 0.6) is 17.2 Å². The molecule has 5 heteroatoms. The number of H-pyrrole nitrogens is 1. The summed E-state index contributed by atoms with van der Waals surface area (Å²) in [5.74, 6) is 1.51. The van der Waals surface area contributed by atoms with E-state index < -0.39 is 0 Å². The maximum atomic E-state index is 12.5. The number of benzene rings is 1. The van der Waals surface area contributed by atoms with Gasteiger partial charge in [-0.2, -0.15) is 0 Å². The molecular formula is C24H37NO4. The van der Waals surface area contributed by atoms with E-state index >= 15 is 0 Å². The molecule has 0 unspecified atom stereocenters. The van der Waals surface area contributed by atoms with Crippen LogP contribution in [0, 0.1) is 0 Å². The summed E-state index contributed by atoms with van der Waals surface area (Å²) >= 11 is 0. The highest BCUT2D eigenvalue weighted by molar-refractivity contribution is 5.88. The van der Waals surface area contributed by atoms with Crippen molar-refractivity contribution >= 4 is 10.9 Å². The minimum absolute atomic E-state index is 0.261. The van der Waals surface area contributed by atoms with E-state index in [0.717, 1.165) is 30.4 Å². The molecule has 1 N–H and O–H groups in total. The molecule has 5 nitrogen and oxygen atoms in total. The first-order valence-electron chi connectivity index (χ1n) is 11.2.